The summed E-state index contributed by atoms with van der Waals surface area (Å²) in [6, 6.07) is 6.12. The van der Waals surface area contributed by atoms with Gasteiger partial charge >= 0.3 is 0 Å². The van der Waals surface area contributed by atoms with Crippen LogP contribution in [0.3, 0.4) is 0 Å². The Hall–Kier alpha value is -1.07. The standard InChI is InChI=1S/C14H21NO3S/c1-11(2)12-7-9-15(10-8-12)19(17,18)14-6-4-3-5-13(14)16/h3-6,11-12,16H,7-10H2,1-2H3. The van der Waals surface area contributed by atoms with Crippen LogP contribution < -0.4 is 0 Å². The van der Waals surface area contributed by atoms with E-state index in [-0.39, 0.29) is 10.6 Å². The van der Waals surface area contributed by atoms with Crippen LogP contribution in [0.5, 0.6) is 5.75 Å². The third-order valence-corrected chi connectivity index (χ3v) is 5.87. The molecule has 1 aliphatic rings. The summed E-state index contributed by atoms with van der Waals surface area (Å²) in [6.07, 6.45) is 1.79. The molecule has 1 aromatic rings. The second-order valence-corrected chi connectivity index (χ2v) is 7.36. The van der Waals surface area contributed by atoms with Crippen molar-refractivity contribution in [2.75, 3.05) is 13.1 Å². The molecule has 0 radical (unpaired) electrons. The number of sulfonamides is 1. The topological polar surface area (TPSA) is 57.6 Å². The van der Waals surface area contributed by atoms with Crippen molar-refractivity contribution in [2.24, 2.45) is 11.8 Å². The fourth-order valence-electron chi connectivity index (χ4n) is 2.60. The van der Waals surface area contributed by atoms with Crippen LogP contribution in [0.25, 0.3) is 0 Å². The van der Waals surface area contributed by atoms with E-state index in [0.29, 0.717) is 24.9 Å². The molecule has 5 heteroatoms. The van der Waals surface area contributed by atoms with Crippen molar-refractivity contribution >= 4 is 10.0 Å². The summed E-state index contributed by atoms with van der Waals surface area (Å²) in [7, 11) is -3.56. The number of phenolic OH excluding ortho intramolecular Hbond substituents is 1. The van der Waals surface area contributed by atoms with Gasteiger partial charge in [0.25, 0.3) is 0 Å². The average Bonchev–Trinajstić information content (AvgIpc) is 2.39. The Morgan fingerprint density at radius 3 is 2.32 bits per heavy atom. The van der Waals surface area contributed by atoms with E-state index in [4.69, 9.17) is 0 Å². The summed E-state index contributed by atoms with van der Waals surface area (Å²) in [5, 5.41) is 9.71. The highest BCUT2D eigenvalue weighted by Gasteiger charge is 2.31. The smallest absolute Gasteiger partial charge is 0.246 e. The van der Waals surface area contributed by atoms with Crippen LogP contribution in [0.1, 0.15) is 26.7 Å². The zero-order chi connectivity index (χ0) is 14.0. The van der Waals surface area contributed by atoms with Gasteiger partial charge in [0.2, 0.25) is 10.0 Å². The van der Waals surface area contributed by atoms with Crippen molar-refractivity contribution in [2.45, 2.75) is 31.6 Å². The molecule has 1 saturated heterocycles. The number of hydrogen-bond acceptors (Lipinski definition) is 3. The molecule has 106 valence electrons. The monoisotopic (exact) mass is 283 g/mol. The molecule has 1 heterocycles. The molecule has 0 aromatic heterocycles. The maximum absolute atomic E-state index is 12.5. The summed E-state index contributed by atoms with van der Waals surface area (Å²) in [4.78, 5) is 0.0120. The van der Waals surface area contributed by atoms with Crippen LogP contribution in [0.4, 0.5) is 0 Å². The number of phenols is 1. The number of hydrogen-bond donors (Lipinski definition) is 1. The second-order valence-electron chi connectivity index (χ2n) is 5.45. The van der Waals surface area contributed by atoms with Crippen LogP contribution in [-0.4, -0.2) is 30.9 Å². The predicted octanol–water partition coefficient (Wildman–Crippen LogP) is 2.45. The maximum atomic E-state index is 12.5. The van der Waals surface area contributed by atoms with Gasteiger partial charge in [-0.1, -0.05) is 26.0 Å². The van der Waals surface area contributed by atoms with E-state index in [1.54, 1.807) is 12.1 Å². The van der Waals surface area contributed by atoms with E-state index in [9.17, 15) is 13.5 Å². The Bertz CT molecular complexity index is 531. The molecule has 1 fully saturated rings. The van der Waals surface area contributed by atoms with Gasteiger partial charge in [0.1, 0.15) is 10.6 Å². The van der Waals surface area contributed by atoms with Crippen molar-refractivity contribution in [3.63, 3.8) is 0 Å². The van der Waals surface area contributed by atoms with E-state index in [0.717, 1.165) is 12.8 Å². The molecular weight excluding hydrogens is 262 g/mol. The first kappa shape index (κ1) is 14.3. The Morgan fingerprint density at radius 2 is 1.79 bits per heavy atom. The average molecular weight is 283 g/mol. The molecule has 0 atom stereocenters. The summed E-state index contributed by atoms with van der Waals surface area (Å²) >= 11 is 0. The Kier molecular flexibility index (Phi) is 4.16. The highest BCUT2D eigenvalue weighted by atomic mass is 32.2. The van der Waals surface area contributed by atoms with Crippen LogP contribution >= 0.6 is 0 Å². The lowest BCUT2D eigenvalue weighted by Gasteiger charge is -2.33. The molecule has 1 aliphatic heterocycles. The Morgan fingerprint density at radius 1 is 1.21 bits per heavy atom. The van der Waals surface area contributed by atoms with E-state index in [1.807, 2.05) is 0 Å². The van der Waals surface area contributed by atoms with Gasteiger partial charge in [0.05, 0.1) is 0 Å². The summed E-state index contributed by atoms with van der Waals surface area (Å²) in [6.45, 7) is 5.44. The van der Waals surface area contributed by atoms with Gasteiger partial charge < -0.3 is 5.11 Å². The normalized spacial score (nSPS) is 18.9. The van der Waals surface area contributed by atoms with Gasteiger partial charge in [-0.15, -0.1) is 0 Å². The summed E-state index contributed by atoms with van der Waals surface area (Å²) in [5.74, 6) is 1.01. The maximum Gasteiger partial charge on any atom is 0.246 e. The molecular formula is C14H21NO3S. The zero-order valence-corrected chi connectivity index (χ0v) is 12.2. The number of nitrogens with zero attached hydrogens (tertiary/aromatic N) is 1. The Labute approximate surface area is 115 Å². The lowest BCUT2D eigenvalue weighted by molar-refractivity contribution is 0.226. The zero-order valence-electron chi connectivity index (χ0n) is 11.4. The van der Waals surface area contributed by atoms with Gasteiger partial charge in [-0.3, -0.25) is 0 Å². The van der Waals surface area contributed by atoms with Gasteiger partial charge in [0.15, 0.2) is 0 Å². The van der Waals surface area contributed by atoms with Crippen molar-refractivity contribution in [3.8, 4) is 5.75 Å². The molecule has 4 nitrogen and oxygen atoms in total. The second kappa shape index (κ2) is 5.51. The molecule has 0 aliphatic carbocycles. The largest absolute Gasteiger partial charge is 0.507 e. The van der Waals surface area contributed by atoms with Crippen molar-refractivity contribution < 1.29 is 13.5 Å². The van der Waals surface area contributed by atoms with Gasteiger partial charge in [0, 0.05) is 13.1 Å². The highest BCUT2D eigenvalue weighted by Crippen LogP contribution is 2.30. The quantitative estimate of drug-likeness (QED) is 0.927. The van der Waals surface area contributed by atoms with Crippen LogP contribution in [-0.2, 0) is 10.0 Å². The molecule has 0 bridgehead atoms. The molecule has 0 unspecified atom stereocenters. The number of rotatable bonds is 3. The van der Waals surface area contributed by atoms with Crippen molar-refractivity contribution in [3.05, 3.63) is 24.3 Å². The number of piperidine rings is 1. The van der Waals surface area contributed by atoms with Crippen molar-refractivity contribution in [1.29, 1.82) is 0 Å². The lowest BCUT2D eigenvalue weighted by atomic mass is 9.87. The van der Waals surface area contributed by atoms with Crippen LogP contribution in [0, 0.1) is 11.8 Å². The first-order chi connectivity index (χ1) is 8.93. The minimum absolute atomic E-state index is 0.0120. The molecule has 0 amide bonds. The number of benzene rings is 1. The van der Waals surface area contributed by atoms with Crippen molar-refractivity contribution in [1.82, 2.24) is 4.31 Å². The molecule has 2 rings (SSSR count). The number of aromatic hydroxyl groups is 1. The Balaban J connectivity index is 2.17. The SMILES string of the molecule is CC(C)C1CCN(S(=O)(=O)c2ccccc2O)CC1. The van der Waals surface area contributed by atoms with Gasteiger partial charge in [-0.2, -0.15) is 4.31 Å². The van der Waals surface area contributed by atoms with Crippen LogP contribution in [0.15, 0.2) is 29.2 Å². The highest BCUT2D eigenvalue weighted by molar-refractivity contribution is 7.89. The van der Waals surface area contributed by atoms with E-state index >= 15 is 0 Å². The fourth-order valence-corrected chi connectivity index (χ4v) is 4.15. The van der Waals surface area contributed by atoms with E-state index in [2.05, 4.69) is 13.8 Å². The fraction of sp³-hybridized carbons (Fsp3) is 0.571. The third kappa shape index (κ3) is 2.92. The summed E-state index contributed by atoms with van der Waals surface area (Å²) in [5.41, 5.74) is 0. The van der Waals surface area contributed by atoms with Crippen LogP contribution in [0.2, 0.25) is 0 Å². The predicted molar refractivity (Wildman–Crippen MR) is 74.4 cm³/mol. The molecule has 0 spiro atoms. The molecule has 1 aromatic carbocycles. The molecule has 19 heavy (non-hydrogen) atoms. The van der Waals surface area contributed by atoms with Gasteiger partial charge in [-0.05, 0) is 36.8 Å². The minimum atomic E-state index is -3.56. The first-order valence-corrected chi connectivity index (χ1v) is 8.15. The molecule has 0 saturated carbocycles. The van der Waals surface area contributed by atoms with E-state index in [1.165, 1.54) is 16.4 Å². The van der Waals surface area contributed by atoms with Gasteiger partial charge in [-0.25, -0.2) is 8.42 Å². The first-order valence-electron chi connectivity index (χ1n) is 6.71. The minimum Gasteiger partial charge on any atom is -0.507 e. The summed E-state index contributed by atoms with van der Waals surface area (Å²) < 4.78 is 26.4. The number of para-hydroxylation sites is 1. The third-order valence-electron chi connectivity index (χ3n) is 3.92. The lowest BCUT2D eigenvalue weighted by Crippen LogP contribution is -2.39. The van der Waals surface area contributed by atoms with E-state index < -0.39 is 10.0 Å². The molecule has 1 N–H and O–H groups in total.